The van der Waals surface area contributed by atoms with Crippen molar-refractivity contribution in [1.82, 2.24) is 20.0 Å². The van der Waals surface area contributed by atoms with Gasteiger partial charge in [0, 0.05) is 50.5 Å². The fourth-order valence-corrected chi connectivity index (χ4v) is 4.66. The second kappa shape index (κ2) is 11.5. The number of piperazine rings is 1. The minimum atomic E-state index is -0.786. The Morgan fingerprint density at radius 3 is 2.11 bits per heavy atom. The summed E-state index contributed by atoms with van der Waals surface area (Å²) < 4.78 is 32.2. The fourth-order valence-electron chi connectivity index (χ4n) is 4.66. The van der Waals surface area contributed by atoms with E-state index >= 15 is 0 Å². The molecule has 4 rings (SSSR count). The number of carbonyl (C=O) groups excluding carboxylic acids is 3. The smallest absolute Gasteiger partial charge is 0.338 e. The minimum absolute atomic E-state index is 0.163. The second-order valence-electron chi connectivity index (χ2n) is 8.83. The van der Waals surface area contributed by atoms with Crippen LogP contribution >= 0.6 is 0 Å². The molecule has 196 valence electrons. The van der Waals surface area contributed by atoms with Gasteiger partial charge < -0.3 is 15.0 Å². The molecule has 0 spiro atoms. The molecule has 2 aromatic carbocycles. The van der Waals surface area contributed by atoms with Crippen molar-refractivity contribution in [3.63, 3.8) is 0 Å². The van der Waals surface area contributed by atoms with Crippen molar-refractivity contribution < 1.29 is 27.9 Å². The first-order valence-electron chi connectivity index (χ1n) is 12.3. The highest BCUT2D eigenvalue weighted by molar-refractivity contribution is 5.95. The third kappa shape index (κ3) is 5.80. The van der Waals surface area contributed by atoms with E-state index in [1.807, 2.05) is 6.92 Å². The highest BCUT2D eigenvalue weighted by atomic mass is 19.1. The van der Waals surface area contributed by atoms with Crippen molar-refractivity contribution in [3.8, 4) is 0 Å². The van der Waals surface area contributed by atoms with Gasteiger partial charge >= 0.3 is 12.0 Å². The molecule has 3 amide bonds. The van der Waals surface area contributed by atoms with E-state index in [2.05, 4.69) is 10.2 Å². The number of ether oxygens (including phenoxy) is 1. The van der Waals surface area contributed by atoms with E-state index < -0.39 is 23.6 Å². The average Bonchev–Trinajstić information content (AvgIpc) is 2.89. The summed E-state index contributed by atoms with van der Waals surface area (Å²) in [6.07, 6.45) is 0. The molecule has 0 saturated carbocycles. The quantitative estimate of drug-likeness (QED) is 0.576. The van der Waals surface area contributed by atoms with Crippen LogP contribution in [-0.2, 0) is 9.53 Å². The van der Waals surface area contributed by atoms with Gasteiger partial charge in [0.1, 0.15) is 11.6 Å². The molecule has 1 N–H and O–H groups in total. The molecule has 1 fully saturated rings. The lowest BCUT2D eigenvalue weighted by Gasteiger charge is -2.40. The van der Waals surface area contributed by atoms with E-state index in [9.17, 15) is 23.2 Å². The first-order chi connectivity index (χ1) is 17.8. The molecule has 10 heteroatoms. The van der Waals surface area contributed by atoms with Crippen LogP contribution in [-0.4, -0.2) is 78.5 Å². The number of rotatable bonds is 7. The maximum absolute atomic E-state index is 13.6. The molecule has 2 aromatic rings. The minimum Gasteiger partial charge on any atom is -0.463 e. The summed E-state index contributed by atoms with van der Waals surface area (Å²) in [5.41, 5.74) is 1.82. The number of carbonyl (C=O) groups is 3. The lowest BCUT2D eigenvalue weighted by atomic mass is 9.94. The Kier molecular flexibility index (Phi) is 8.17. The fraction of sp³-hybridized carbons (Fsp3) is 0.370. The topological polar surface area (TPSA) is 82.2 Å². The second-order valence-corrected chi connectivity index (χ2v) is 8.83. The Hall–Kier alpha value is -3.79. The summed E-state index contributed by atoms with van der Waals surface area (Å²) in [5, 5.41) is 2.86. The van der Waals surface area contributed by atoms with E-state index in [0.29, 0.717) is 61.7 Å². The van der Waals surface area contributed by atoms with Crippen LogP contribution in [0.15, 0.2) is 59.8 Å². The number of urea groups is 1. The summed E-state index contributed by atoms with van der Waals surface area (Å²) in [5.74, 6) is -1.54. The molecular weight excluding hydrogens is 482 g/mol. The van der Waals surface area contributed by atoms with Crippen LogP contribution in [0.2, 0.25) is 0 Å². The number of hydrogen-bond acceptors (Lipinski definition) is 5. The van der Waals surface area contributed by atoms with Crippen molar-refractivity contribution in [2.45, 2.75) is 19.9 Å². The molecule has 2 heterocycles. The Morgan fingerprint density at radius 1 is 0.946 bits per heavy atom. The summed E-state index contributed by atoms with van der Waals surface area (Å²) >= 11 is 0. The van der Waals surface area contributed by atoms with Gasteiger partial charge in [-0.05, 0) is 55.8 Å². The standard InChI is InChI=1S/C27H30F2N4O4/c1-3-33-22(17-31-13-15-32(16-14-31)25(34)19-7-11-21(29)12-8-19)23(26(35)37-4-2)24(30-27(33)36)18-5-9-20(28)10-6-18/h5-12,24H,3-4,13-17H2,1-2H3,(H,30,36)/t24-/m1/s1. The number of halogens is 2. The molecule has 1 atom stereocenters. The number of benzene rings is 2. The highest BCUT2D eigenvalue weighted by Crippen LogP contribution is 2.32. The van der Waals surface area contributed by atoms with Crippen LogP contribution in [0.3, 0.4) is 0 Å². The Balaban J connectivity index is 1.58. The van der Waals surface area contributed by atoms with Crippen LogP contribution in [0, 0.1) is 11.6 Å². The first kappa shape index (κ1) is 26.3. The van der Waals surface area contributed by atoms with Gasteiger partial charge in [-0.1, -0.05) is 12.1 Å². The van der Waals surface area contributed by atoms with Gasteiger partial charge in [0.05, 0.1) is 18.2 Å². The zero-order valence-corrected chi connectivity index (χ0v) is 20.9. The van der Waals surface area contributed by atoms with Gasteiger partial charge in [-0.25, -0.2) is 18.4 Å². The maximum atomic E-state index is 13.6. The van der Waals surface area contributed by atoms with Crippen molar-refractivity contribution >= 4 is 17.9 Å². The van der Waals surface area contributed by atoms with Gasteiger partial charge in [0.2, 0.25) is 0 Å². The van der Waals surface area contributed by atoms with Gasteiger partial charge in [-0.3, -0.25) is 14.6 Å². The zero-order chi connectivity index (χ0) is 26.5. The molecule has 0 aliphatic carbocycles. The first-order valence-corrected chi connectivity index (χ1v) is 12.3. The van der Waals surface area contributed by atoms with Crippen LogP contribution in [0.4, 0.5) is 13.6 Å². The number of nitrogens with zero attached hydrogens (tertiary/aromatic N) is 3. The van der Waals surface area contributed by atoms with Crippen LogP contribution in [0.25, 0.3) is 0 Å². The normalized spacial score (nSPS) is 18.6. The largest absolute Gasteiger partial charge is 0.463 e. The highest BCUT2D eigenvalue weighted by Gasteiger charge is 2.38. The van der Waals surface area contributed by atoms with Crippen LogP contribution in [0.1, 0.15) is 35.8 Å². The van der Waals surface area contributed by atoms with E-state index in [1.165, 1.54) is 41.3 Å². The molecule has 2 aliphatic heterocycles. The van der Waals surface area contributed by atoms with E-state index in [-0.39, 0.29) is 18.5 Å². The van der Waals surface area contributed by atoms with Crippen molar-refractivity contribution in [2.75, 3.05) is 45.9 Å². The molecular formula is C27H30F2N4O4. The molecule has 1 saturated heterocycles. The molecule has 0 bridgehead atoms. The van der Waals surface area contributed by atoms with E-state index in [1.54, 1.807) is 24.0 Å². The number of hydrogen-bond donors (Lipinski definition) is 1. The van der Waals surface area contributed by atoms with E-state index in [0.717, 1.165) is 0 Å². The van der Waals surface area contributed by atoms with Crippen LogP contribution in [0.5, 0.6) is 0 Å². The van der Waals surface area contributed by atoms with Gasteiger partial charge in [0.15, 0.2) is 0 Å². The lowest BCUT2D eigenvalue weighted by molar-refractivity contribution is -0.139. The summed E-state index contributed by atoms with van der Waals surface area (Å²) in [7, 11) is 0. The zero-order valence-electron chi connectivity index (χ0n) is 20.9. The molecule has 8 nitrogen and oxygen atoms in total. The van der Waals surface area contributed by atoms with Gasteiger partial charge in [0.25, 0.3) is 5.91 Å². The molecule has 2 aliphatic rings. The molecule has 0 aromatic heterocycles. The summed E-state index contributed by atoms with van der Waals surface area (Å²) in [6.45, 7) is 6.25. The van der Waals surface area contributed by atoms with Gasteiger partial charge in [-0.2, -0.15) is 0 Å². The third-order valence-corrected chi connectivity index (χ3v) is 6.58. The average molecular weight is 513 g/mol. The van der Waals surface area contributed by atoms with Crippen molar-refractivity contribution in [3.05, 3.63) is 82.6 Å². The van der Waals surface area contributed by atoms with E-state index in [4.69, 9.17) is 4.74 Å². The number of esters is 1. The maximum Gasteiger partial charge on any atom is 0.338 e. The molecule has 0 radical (unpaired) electrons. The van der Waals surface area contributed by atoms with Crippen LogP contribution < -0.4 is 5.32 Å². The monoisotopic (exact) mass is 512 g/mol. The summed E-state index contributed by atoms with van der Waals surface area (Å²) in [6, 6.07) is 9.97. The predicted octanol–water partition coefficient (Wildman–Crippen LogP) is 3.33. The molecule has 0 unspecified atom stereocenters. The van der Waals surface area contributed by atoms with Crippen molar-refractivity contribution in [1.29, 1.82) is 0 Å². The number of likely N-dealkylation sites (N-methyl/N-ethyl adjacent to an activating group) is 1. The van der Waals surface area contributed by atoms with Crippen molar-refractivity contribution in [2.24, 2.45) is 0 Å². The number of nitrogens with one attached hydrogen (secondary N) is 1. The Labute approximate surface area is 214 Å². The Morgan fingerprint density at radius 2 is 1.54 bits per heavy atom. The molecule has 37 heavy (non-hydrogen) atoms. The lowest BCUT2D eigenvalue weighted by Crippen LogP contribution is -2.53. The Bertz CT molecular complexity index is 1180. The third-order valence-electron chi connectivity index (χ3n) is 6.58. The number of amides is 3. The predicted molar refractivity (Wildman–Crippen MR) is 132 cm³/mol. The van der Waals surface area contributed by atoms with Gasteiger partial charge in [-0.15, -0.1) is 0 Å². The summed E-state index contributed by atoms with van der Waals surface area (Å²) in [4.78, 5) is 44.3. The SMILES string of the molecule is CCOC(=O)C1=C(CN2CCN(C(=O)c3ccc(F)cc3)CC2)N(CC)C(=O)N[C@@H]1c1ccc(F)cc1.